The van der Waals surface area contributed by atoms with Crippen LogP contribution in [0.2, 0.25) is 0 Å². The van der Waals surface area contributed by atoms with Crippen molar-refractivity contribution in [3.63, 3.8) is 0 Å². The maximum atomic E-state index is 13.1. The van der Waals surface area contributed by atoms with Gasteiger partial charge in [-0.15, -0.1) is 0 Å². The minimum atomic E-state index is -1.39. The first-order valence-electron chi connectivity index (χ1n) is 12.6. The summed E-state index contributed by atoms with van der Waals surface area (Å²) in [7, 11) is 0. The van der Waals surface area contributed by atoms with Crippen LogP contribution < -0.4 is 0 Å². The molecule has 0 N–H and O–H groups in total. The van der Waals surface area contributed by atoms with Crippen LogP contribution in [0.15, 0.2) is 0 Å². The SMILES string of the molecule is CCCCCCCC(=O)C(CCCCCCC=O)C(Br)(C=O)C(=O)CCCCCCC. The van der Waals surface area contributed by atoms with Gasteiger partial charge in [-0.05, 0) is 25.7 Å². The van der Waals surface area contributed by atoms with E-state index in [1.165, 1.54) is 6.42 Å². The Labute approximate surface area is 198 Å². The molecular formula is C26H45BrO4. The van der Waals surface area contributed by atoms with Gasteiger partial charge >= 0.3 is 0 Å². The largest absolute Gasteiger partial charge is 0.303 e. The molecule has 0 rings (SSSR count). The van der Waals surface area contributed by atoms with Crippen molar-refractivity contribution in [2.24, 2.45) is 5.92 Å². The topological polar surface area (TPSA) is 68.3 Å². The molecule has 5 heteroatoms. The molecule has 0 fully saturated rings. The third-order valence-corrected chi connectivity index (χ3v) is 7.28. The Morgan fingerprint density at radius 3 is 1.81 bits per heavy atom. The quantitative estimate of drug-likeness (QED) is 0.0636. The fraction of sp³-hybridized carbons (Fsp3) is 0.846. The molecule has 0 amide bonds. The molecule has 0 aliphatic carbocycles. The number of halogens is 1. The highest BCUT2D eigenvalue weighted by Gasteiger charge is 2.45. The Morgan fingerprint density at radius 1 is 0.742 bits per heavy atom. The smallest absolute Gasteiger partial charge is 0.157 e. The van der Waals surface area contributed by atoms with Crippen LogP contribution in [0.5, 0.6) is 0 Å². The van der Waals surface area contributed by atoms with Crippen LogP contribution in [0, 0.1) is 5.92 Å². The van der Waals surface area contributed by atoms with Crippen LogP contribution in [-0.2, 0) is 19.2 Å². The van der Waals surface area contributed by atoms with Gasteiger partial charge in [0.2, 0.25) is 0 Å². The second kappa shape index (κ2) is 19.8. The zero-order valence-electron chi connectivity index (χ0n) is 20.0. The standard InChI is InChI=1S/C26H45BrO4/c1-3-5-7-10-15-19-24(30)23(18-14-12-9-13-17-21-28)26(27,22-29)25(31)20-16-11-8-6-4-2/h21-23H,3-20H2,1-2H3. The van der Waals surface area contributed by atoms with Crippen molar-refractivity contribution >= 4 is 40.1 Å². The number of rotatable bonds is 23. The van der Waals surface area contributed by atoms with Crippen molar-refractivity contribution in [3.8, 4) is 0 Å². The lowest BCUT2D eigenvalue weighted by molar-refractivity contribution is -0.134. The molecule has 0 aromatic carbocycles. The number of aldehydes is 2. The van der Waals surface area contributed by atoms with E-state index in [1.807, 2.05) is 0 Å². The molecule has 0 aromatic heterocycles. The molecule has 180 valence electrons. The molecule has 0 aromatic rings. The number of hydrogen-bond acceptors (Lipinski definition) is 4. The van der Waals surface area contributed by atoms with Crippen LogP contribution in [0.4, 0.5) is 0 Å². The van der Waals surface area contributed by atoms with E-state index < -0.39 is 10.2 Å². The maximum Gasteiger partial charge on any atom is 0.157 e. The van der Waals surface area contributed by atoms with E-state index >= 15 is 0 Å². The molecule has 2 atom stereocenters. The van der Waals surface area contributed by atoms with Gasteiger partial charge in [-0.1, -0.05) is 100 Å². The van der Waals surface area contributed by atoms with E-state index in [9.17, 15) is 19.2 Å². The zero-order valence-corrected chi connectivity index (χ0v) is 21.6. The van der Waals surface area contributed by atoms with Gasteiger partial charge in [0.25, 0.3) is 0 Å². The number of ketones is 2. The van der Waals surface area contributed by atoms with Crippen LogP contribution >= 0.6 is 15.9 Å². The highest BCUT2D eigenvalue weighted by Crippen LogP contribution is 2.35. The number of hydrogen-bond donors (Lipinski definition) is 0. The Hall–Kier alpha value is -0.840. The van der Waals surface area contributed by atoms with Crippen LogP contribution in [0.1, 0.15) is 129 Å². The fourth-order valence-electron chi connectivity index (χ4n) is 4.03. The van der Waals surface area contributed by atoms with Crippen LogP contribution in [0.25, 0.3) is 0 Å². The third kappa shape index (κ3) is 13.3. The van der Waals surface area contributed by atoms with E-state index in [4.69, 9.17) is 0 Å². The summed E-state index contributed by atoms with van der Waals surface area (Å²) in [6, 6.07) is 0. The molecule has 0 radical (unpaired) electrons. The fourth-order valence-corrected chi connectivity index (χ4v) is 4.72. The van der Waals surface area contributed by atoms with E-state index in [2.05, 4.69) is 29.8 Å². The molecule has 0 aliphatic rings. The molecule has 4 nitrogen and oxygen atoms in total. The first-order chi connectivity index (χ1) is 15.0. The van der Waals surface area contributed by atoms with Crippen LogP contribution in [0.3, 0.4) is 0 Å². The molecule has 0 spiro atoms. The van der Waals surface area contributed by atoms with Gasteiger partial charge in [-0.2, -0.15) is 0 Å². The molecule has 0 saturated carbocycles. The van der Waals surface area contributed by atoms with Crippen molar-refractivity contribution < 1.29 is 19.2 Å². The minimum absolute atomic E-state index is 0.0349. The second-order valence-electron chi connectivity index (χ2n) is 8.81. The van der Waals surface area contributed by atoms with Crippen molar-refractivity contribution in [2.45, 2.75) is 134 Å². The number of Topliss-reactive ketones (excluding diaryl/α,β-unsaturated/α-hetero) is 2. The number of carbonyl (C=O) groups excluding carboxylic acids is 4. The summed E-state index contributed by atoms with van der Waals surface area (Å²) in [5.74, 6) is -0.706. The van der Waals surface area contributed by atoms with Gasteiger partial charge in [0.1, 0.15) is 22.7 Å². The highest BCUT2D eigenvalue weighted by molar-refractivity contribution is 9.10. The third-order valence-electron chi connectivity index (χ3n) is 6.09. The molecule has 0 bridgehead atoms. The lowest BCUT2D eigenvalue weighted by Crippen LogP contribution is -2.45. The Morgan fingerprint density at radius 2 is 1.26 bits per heavy atom. The van der Waals surface area contributed by atoms with Gasteiger partial charge < -0.3 is 9.59 Å². The summed E-state index contributed by atoms with van der Waals surface area (Å²) < 4.78 is -1.39. The summed E-state index contributed by atoms with van der Waals surface area (Å²) in [5.41, 5.74) is 0. The molecule has 2 unspecified atom stereocenters. The molecule has 0 aliphatic heterocycles. The predicted octanol–water partition coefficient (Wildman–Crippen LogP) is 7.33. The maximum absolute atomic E-state index is 13.1. The number of carbonyl (C=O) groups is 4. The monoisotopic (exact) mass is 500 g/mol. The Balaban J connectivity index is 4.97. The summed E-state index contributed by atoms with van der Waals surface area (Å²) in [4.78, 5) is 48.6. The lowest BCUT2D eigenvalue weighted by Gasteiger charge is -2.29. The van der Waals surface area contributed by atoms with Gasteiger partial charge in [0, 0.05) is 25.2 Å². The van der Waals surface area contributed by atoms with Crippen molar-refractivity contribution in [3.05, 3.63) is 0 Å². The molecule has 0 heterocycles. The van der Waals surface area contributed by atoms with Crippen molar-refractivity contribution in [1.29, 1.82) is 0 Å². The molecule has 31 heavy (non-hydrogen) atoms. The first kappa shape index (κ1) is 30.2. The minimum Gasteiger partial charge on any atom is -0.303 e. The second-order valence-corrected chi connectivity index (χ2v) is 10.1. The van der Waals surface area contributed by atoms with Gasteiger partial charge in [-0.25, -0.2) is 0 Å². The average Bonchev–Trinajstić information content (AvgIpc) is 2.77. The Bertz CT molecular complexity index is 506. The van der Waals surface area contributed by atoms with Gasteiger partial charge in [0.05, 0.1) is 0 Å². The summed E-state index contributed by atoms with van der Waals surface area (Å²) in [5, 5.41) is 0. The normalized spacial score (nSPS) is 14.0. The summed E-state index contributed by atoms with van der Waals surface area (Å²) >= 11 is 3.44. The summed E-state index contributed by atoms with van der Waals surface area (Å²) in [6.45, 7) is 4.31. The number of alkyl halides is 1. The van der Waals surface area contributed by atoms with E-state index in [-0.39, 0.29) is 11.6 Å². The number of unbranched alkanes of at least 4 members (excludes halogenated alkanes) is 12. The van der Waals surface area contributed by atoms with Gasteiger partial charge in [0.15, 0.2) is 5.78 Å². The first-order valence-corrected chi connectivity index (χ1v) is 13.4. The zero-order chi connectivity index (χ0) is 23.4. The van der Waals surface area contributed by atoms with E-state index in [1.54, 1.807) is 0 Å². The molecule has 0 saturated heterocycles. The van der Waals surface area contributed by atoms with Crippen molar-refractivity contribution in [1.82, 2.24) is 0 Å². The van der Waals surface area contributed by atoms with E-state index in [0.29, 0.717) is 32.0 Å². The highest BCUT2D eigenvalue weighted by atomic mass is 79.9. The predicted molar refractivity (Wildman–Crippen MR) is 132 cm³/mol. The lowest BCUT2D eigenvalue weighted by atomic mass is 9.79. The Kier molecular flexibility index (Phi) is 19.3. The van der Waals surface area contributed by atoms with Gasteiger partial charge in [-0.3, -0.25) is 9.59 Å². The summed E-state index contributed by atoms with van der Waals surface area (Å²) in [6.07, 6.45) is 17.4. The molecular weight excluding hydrogens is 456 g/mol. The van der Waals surface area contributed by atoms with Crippen LogP contribution in [-0.4, -0.2) is 28.5 Å². The van der Waals surface area contributed by atoms with E-state index in [0.717, 1.165) is 89.8 Å². The average molecular weight is 502 g/mol. The van der Waals surface area contributed by atoms with Crippen molar-refractivity contribution in [2.75, 3.05) is 0 Å².